The monoisotopic (exact) mass is 427 g/mol. The van der Waals surface area contributed by atoms with E-state index in [1.54, 1.807) is 0 Å². The summed E-state index contributed by atoms with van der Waals surface area (Å²) >= 11 is 6.34. The third kappa shape index (κ3) is 3.56. The van der Waals surface area contributed by atoms with Crippen LogP contribution in [-0.2, 0) is 10.2 Å². The second-order valence-corrected chi connectivity index (χ2v) is 12.0. The quantitative estimate of drug-likeness (QED) is 0.522. The summed E-state index contributed by atoms with van der Waals surface area (Å²) in [6, 6.07) is 11.2. The van der Waals surface area contributed by atoms with Crippen molar-refractivity contribution in [2.75, 3.05) is 12.4 Å². The maximum atomic E-state index is 14.0. The van der Waals surface area contributed by atoms with Crippen LogP contribution in [0.4, 0.5) is 0 Å². The highest BCUT2D eigenvalue weighted by molar-refractivity contribution is 6.17. The van der Waals surface area contributed by atoms with Crippen LogP contribution in [0.5, 0.6) is 0 Å². The van der Waals surface area contributed by atoms with Crippen LogP contribution >= 0.6 is 11.6 Å². The molecule has 30 heavy (non-hydrogen) atoms. The Hall–Kier alpha value is -0.860. The van der Waals surface area contributed by atoms with E-state index in [-0.39, 0.29) is 16.2 Å². The van der Waals surface area contributed by atoms with E-state index in [4.69, 9.17) is 17.3 Å². The summed E-state index contributed by atoms with van der Waals surface area (Å²) in [6.45, 7) is 0.812. The fraction of sp³-hybridized carbons (Fsp3) is 0.741. The highest BCUT2D eigenvalue weighted by Gasteiger charge is 2.65. The van der Waals surface area contributed by atoms with Crippen LogP contribution in [-0.4, -0.2) is 18.2 Å². The molecule has 164 valence electrons. The van der Waals surface area contributed by atoms with Gasteiger partial charge in [0.1, 0.15) is 5.78 Å². The topological polar surface area (TPSA) is 43.1 Å². The lowest BCUT2D eigenvalue weighted by molar-refractivity contribution is -0.162. The predicted molar refractivity (Wildman–Crippen MR) is 124 cm³/mol. The number of benzene rings is 1. The molecule has 0 amide bonds. The van der Waals surface area contributed by atoms with Crippen molar-refractivity contribution in [2.24, 2.45) is 34.3 Å². The maximum Gasteiger partial charge on any atom is 0.139 e. The van der Waals surface area contributed by atoms with E-state index in [9.17, 15) is 4.79 Å². The zero-order chi connectivity index (χ0) is 20.8. The molecule has 0 saturated heterocycles. The second kappa shape index (κ2) is 7.93. The number of Topliss-reactive ketones (excluding diaryl/α,β-unsaturated/α-hetero) is 1. The third-order valence-electron chi connectivity index (χ3n) is 9.56. The zero-order valence-electron chi connectivity index (χ0n) is 18.4. The van der Waals surface area contributed by atoms with Crippen LogP contribution in [0.2, 0.25) is 0 Å². The highest BCUT2D eigenvalue weighted by Crippen LogP contribution is 2.71. The number of rotatable bonds is 7. The molecule has 2 N–H and O–H groups in total. The Morgan fingerprint density at radius 1 is 0.967 bits per heavy atom. The van der Waals surface area contributed by atoms with Gasteiger partial charge in [0, 0.05) is 17.7 Å². The van der Waals surface area contributed by atoms with Gasteiger partial charge < -0.3 is 5.73 Å². The van der Waals surface area contributed by atoms with E-state index in [0.29, 0.717) is 23.5 Å². The Balaban J connectivity index is 1.42. The van der Waals surface area contributed by atoms with Gasteiger partial charge in [-0.3, -0.25) is 4.79 Å². The van der Waals surface area contributed by atoms with E-state index in [0.717, 1.165) is 44.5 Å². The predicted octanol–water partition coefficient (Wildman–Crippen LogP) is 6.25. The number of hydrogen-bond acceptors (Lipinski definition) is 2. The summed E-state index contributed by atoms with van der Waals surface area (Å²) in [5.41, 5.74) is 7.75. The molecule has 2 unspecified atom stereocenters. The summed E-state index contributed by atoms with van der Waals surface area (Å²) in [5, 5.41) is 0. The van der Waals surface area contributed by atoms with E-state index in [1.807, 2.05) is 0 Å². The largest absolute Gasteiger partial charge is 0.330 e. The lowest BCUT2D eigenvalue weighted by atomic mass is 9.37. The third-order valence-corrected chi connectivity index (χ3v) is 9.75. The minimum absolute atomic E-state index is 0.0912. The molecule has 1 aromatic carbocycles. The smallest absolute Gasteiger partial charge is 0.139 e. The summed E-state index contributed by atoms with van der Waals surface area (Å²) in [5.74, 6) is 3.29. The average Bonchev–Trinajstić information content (AvgIpc) is 2.74. The van der Waals surface area contributed by atoms with Gasteiger partial charge in [-0.2, -0.15) is 0 Å². The minimum Gasteiger partial charge on any atom is -0.330 e. The van der Waals surface area contributed by atoms with Crippen molar-refractivity contribution in [2.45, 2.75) is 82.5 Å². The Morgan fingerprint density at radius 2 is 1.70 bits per heavy atom. The molecular weight excluding hydrogens is 390 g/mol. The molecule has 0 aromatic heterocycles. The standard InChI is InChI=1S/C27H38ClNO/c28-11-10-25-13-22-14-26(17-25,23-4-2-1-3-5-23)19-27(15-22,18-25)24(30)12-20-6-8-21(16-29)9-7-20/h1-5,20-22H,6-19,29H2/t20?,21?,22?,25-,26-,27?/m1/s1. The number of carbonyl (C=O) groups is 1. The lowest BCUT2D eigenvalue weighted by Gasteiger charge is -2.66. The molecule has 4 bridgehead atoms. The number of carbonyl (C=O) groups excluding carboxylic acids is 1. The fourth-order valence-electron chi connectivity index (χ4n) is 8.69. The van der Waals surface area contributed by atoms with Gasteiger partial charge in [0.2, 0.25) is 0 Å². The summed E-state index contributed by atoms with van der Waals surface area (Å²) in [7, 11) is 0. The highest BCUT2D eigenvalue weighted by atomic mass is 35.5. The molecule has 5 aliphatic carbocycles. The van der Waals surface area contributed by atoms with Crippen molar-refractivity contribution in [1.29, 1.82) is 0 Å². The second-order valence-electron chi connectivity index (χ2n) is 11.6. The minimum atomic E-state index is -0.0912. The van der Waals surface area contributed by atoms with Crippen LogP contribution < -0.4 is 5.73 Å². The number of alkyl halides is 1. The van der Waals surface area contributed by atoms with E-state index < -0.39 is 0 Å². The molecule has 0 aliphatic heterocycles. The van der Waals surface area contributed by atoms with Crippen molar-refractivity contribution < 1.29 is 4.79 Å². The van der Waals surface area contributed by atoms with Crippen LogP contribution in [0.3, 0.4) is 0 Å². The summed E-state index contributed by atoms with van der Waals surface area (Å²) in [4.78, 5) is 14.0. The van der Waals surface area contributed by atoms with Crippen LogP contribution in [0.25, 0.3) is 0 Å². The Bertz CT molecular complexity index is 772. The van der Waals surface area contributed by atoms with Gasteiger partial charge in [-0.05, 0) is 111 Å². The van der Waals surface area contributed by atoms with Gasteiger partial charge >= 0.3 is 0 Å². The molecule has 1 aromatic rings. The molecule has 6 rings (SSSR count). The summed E-state index contributed by atoms with van der Waals surface area (Å²) in [6.07, 6.45) is 13.9. The van der Waals surface area contributed by atoms with E-state index in [1.165, 1.54) is 50.5 Å². The van der Waals surface area contributed by atoms with Crippen molar-refractivity contribution >= 4 is 17.4 Å². The molecule has 0 spiro atoms. The summed E-state index contributed by atoms with van der Waals surface area (Å²) < 4.78 is 0. The molecule has 2 nitrogen and oxygen atoms in total. The lowest BCUT2D eigenvalue weighted by Crippen LogP contribution is -2.61. The van der Waals surface area contributed by atoms with E-state index >= 15 is 0 Å². The molecule has 5 saturated carbocycles. The number of ketones is 1. The zero-order valence-corrected chi connectivity index (χ0v) is 19.1. The van der Waals surface area contributed by atoms with Gasteiger partial charge in [-0.25, -0.2) is 0 Å². The molecule has 4 atom stereocenters. The molecule has 5 aliphatic rings. The number of nitrogens with two attached hydrogens (primary N) is 1. The first-order chi connectivity index (χ1) is 14.5. The van der Waals surface area contributed by atoms with Crippen LogP contribution in [0, 0.1) is 28.6 Å². The van der Waals surface area contributed by atoms with Crippen molar-refractivity contribution in [3.63, 3.8) is 0 Å². The Morgan fingerprint density at radius 3 is 2.40 bits per heavy atom. The van der Waals surface area contributed by atoms with Gasteiger partial charge in [-0.1, -0.05) is 30.3 Å². The molecule has 3 heteroatoms. The first-order valence-corrected chi connectivity index (χ1v) is 12.9. The first-order valence-electron chi connectivity index (χ1n) is 12.4. The molecule has 5 fully saturated rings. The fourth-order valence-corrected chi connectivity index (χ4v) is 9.09. The first kappa shape index (κ1) is 21.0. The number of hydrogen-bond donors (Lipinski definition) is 1. The van der Waals surface area contributed by atoms with Crippen LogP contribution in [0.1, 0.15) is 82.6 Å². The number of halogens is 1. The van der Waals surface area contributed by atoms with Gasteiger partial charge in [-0.15, -0.1) is 11.6 Å². The van der Waals surface area contributed by atoms with Crippen molar-refractivity contribution in [3.8, 4) is 0 Å². The molecule has 0 heterocycles. The van der Waals surface area contributed by atoms with Gasteiger partial charge in [0.25, 0.3) is 0 Å². The van der Waals surface area contributed by atoms with Gasteiger partial charge in [0.05, 0.1) is 0 Å². The maximum absolute atomic E-state index is 14.0. The Kier molecular flexibility index (Phi) is 5.55. The molecule has 0 radical (unpaired) electrons. The van der Waals surface area contributed by atoms with Crippen molar-refractivity contribution in [3.05, 3.63) is 35.9 Å². The van der Waals surface area contributed by atoms with E-state index in [2.05, 4.69) is 30.3 Å². The normalized spacial score (nSPS) is 42.4. The van der Waals surface area contributed by atoms with Crippen molar-refractivity contribution in [1.82, 2.24) is 0 Å². The average molecular weight is 428 g/mol. The van der Waals surface area contributed by atoms with Gasteiger partial charge in [0.15, 0.2) is 0 Å². The van der Waals surface area contributed by atoms with Crippen LogP contribution in [0.15, 0.2) is 30.3 Å². The SMILES string of the molecule is NCC1CCC(CC(=O)C23CC4C[C@@](CCCl)(C2)C[C@](c2ccccc2)(C4)C3)CC1. The Labute approximate surface area is 187 Å². The molecular formula is C27H38ClNO.